The maximum Gasteiger partial charge on any atom is 0.162 e. The van der Waals surface area contributed by atoms with E-state index in [1.807, 2.05) is 0 Å². The van der Waals surface area contributed by atoms with Gasteiger partial charge in [-0.2, -0.15) is 0 Å². The van der Waals surface area contributed by atoms with Crippen molar-refractivity contribution in [2.75, 3.05) is 4.43 Å². The molecule has 0 aliphatic rings. The van der Waals surface area contributed by atoms with Gasteiger partial charge in [-0.1, -0.05) is 34.7 Å². The average Bonchev–Trinajstić information content (AvgIpc) is 1.99. The van der Waals surface area contributed by atoms with Crippen molar-refractivity contribution in [3.8, 4) is 0 Å². The molecule has 0 saturated carbocycles. The van der Waals surface area contributed by atoms with Crippen LogP contribution in [0.3, 0.4) is 0 Å². The number of rotatable bonds is 2. The molecule has 1 aromatic carbocycles. The van der Waals surface area contributed by atoms with Crippen LogP contribution >= 0.6 is 22.6 Å². The van der Waals surface area contributed by atoms with Crippen LogP contribution in [-0.2, 0) is 6.42 Å². The first-order chi connectivity index (χ1) is 5.25. The molecule has 0 saturated heterocycles. The summed E-state index contributed by atoms with van der Waals surface area (Å²) in [5, 5.41) is 0. The van der Waals surface area contributed by atoms with E-state index in [4.69, 9.17) is 0 Å². The predicted octanol–water partition coefficient (Wildman–Crippen LogP) is 2.94. The molecule has 1 rings (SSSR count). The zero-order valence-electron chi connectivity index (χ0n) is 5.78. The van der Waals surface area contributed by atoms with E-state index in [-0.39, 0.29) is 0 Å². The lowest BCUT2D eigenvalue weighted by molar-refractivity contribution is 0.500. The Labute approximate surface area is 77.8 Å². The SMILES string of the molecule is Fc1cccc(CCI)c1F. The number of alkyl halides is 1. The van der Waals surface area contributed by atoms with Crippen molar-refractivity contribution < 1.29 is 8.78 Å². The molecule has 60 valence electrons. The summed E-state index contributed by atoms with van der Waals surface area (Å²) in [6.45, 7) is 0. The smallest absolute Gasteiger partial charge is 0.162 e. The molecule has 0 fully saturated rings. The van der Waals surface area contributed by atoms with E-state index in [1.54, 1.807) is 6.07 Å². The standard InChI is InChI=1S/C8H7F2I/c9-7-3-1-2-6(4-5-11)8(7)10/h1-3H,4-5H2. The van der Waals surface area contributed by atoms with Crippen LogP contribution in [0.2, 0.25) is 0 Å². The molecule has 0 amide bonds. The van der Waals surface area contributed by atoms with Gasteiger partial charge in [0.15, 0.2) is 11.6 Å². The first-order valence-corrected chi connectivity index (χ1v) is 4.77. The molecular weight excluding hydrogens is 261 g/mol. The Balaban J connectivity index is 2.96. The molecule has 0 aliphatic heterocycles. The Kier molecular flexibility index (Phi) is 3.23. The third kappa shape index (κ3) is 2.12. The summed E-state index contributed by atoms with van der Waals surface area (Å²) in [4.78, 5) is 0. The summed E-state index contributed by atoms with van der Waals surface area (Å²) in [7, 11) is 0. The summed E-state index contributed by atoms with van der Waals surface area (Å²) in [5.41, 5.74) is 0.458. The van der Waals surface area contributed by atoms with Crippen molar-refractivity contribution in [1.82, 2.24) is 0 Å². The average molecular weight is 268 g/mol. The van der Waals surface area contributed by atoms with Gasteiger partial charge < -0.3 is 0 Å². The van der Waals surface area contributed by atoms with Gasteiger partial charge in [0.2, 0.25) is 0 Å². The van der Waals surface area contributed by atoms with Crippen LogP contribution in [0.4, 0.5) is 8.78 Å². The molecule has 1 aromatic rings. The molecule has 0 bridgehead atoms. The van der Waals surface area contributed by atoms with Crippen LogP contribution in [0.1, 0.15) is 5.56 Å². The quantitative estimate of drug-likeness (QED) is 0.571. The summed E-state index contributed by atoms with van der Waals surface area (Å²) in [5.74, 6) is -1.46. The lowest BCUT2D eigenvalue weighted by atomic mass is 10.1. The first kappa shape index (κ1) is 8.90. The topological polar surface area (TPSA) is 0 Å². The van der Waals surface area contributed by atoms with E-state index < -0.39 is 11.6 Å². The van der Waals surface area contributed by atoms with Gasteiger partial charge in [-0.3, -0.25) is 0 Å². The van der Waals surface area contributed by atoms with Crippen LogP contribution in [0.25, 0.3) is 0 Å². The molecule has 11 heavy (non-hydrogen) atoms. The summed E-state index contributed by atoms with van der Waals surface area (Å²) < 4.78 is 26.1. The van der Waals surface area contributed by atoms with Crippen LogP contribution in [-0.4, -0.2) is 4.43 Å². The molecule has 0 spiro atoms. The van der Waals surface area contributed by atoms with Crippen molar-refractivity contribution in [2.24, 2.45) is 0 Å². The van der Waals surface area contributed by atoms with E-state index in [9.17, 15) is 8.78 Å². The maximum atomic E-state index is 12.8. The van der Waals surface area contributed by atoms with Crippen LogP contribution in [0.15, 0.2) is 18.2 Å². The molecular formula is C8H7F2I. The Morgan fingerprint density at radius 3 is 2.64 bits per heavy atom. The number of aryl methyl sites for hydroxylation is 1. The molecule has 0 heterocycles. The van der Waals surface area contributed by atoms with Crippen molar-refractivity contribution in [3.63, 3.8) is 0 Å². The lowest BCUT2D eigenvalue weighted by Crippen LogP contribution is -1.94. The van der Waals surface area contributed by atoms with Crippen LogP contribution in [0, 0.1) is 11.6 Å². The highest BCUT2D eigenvalue weighted by Gasteiger charge is 2.05. The number of hydrogen-bond donors (Lipinski definition) is 0. The number of benzene rings is 1. The Morgan fingerprint density at radius 1 is 1.27 bits per heavy atom. The minimum Gasteiger partial charge on any atom is -0.204 e. The molecule has 0 aliphatic carbocycles. The third-order valence-electron chi connectivity index (χ3n) is 1.40. The van der Waals surface area contributed by atoms with Gasteiger partial charge in [0.25, 0.3) is 0 Å². The Hall–Kier alpha value is -0.190. The van der Waals surface area contributed by atoms with Gasteiger partial charge in [-0.15, -0.1) is 0 Å². The van der Waals surface area contributed by atoms with Gasteiger partial charge in [0, 0.05) is 4.43 Å². The van der Waals surface area contributed by atoms with Gasteiger partial charge in [-0.05, 0) is 18.1 Å². The molecule has 0 nitrogen and oxygen atoms in total. The first-order valence-electron chi connectivity index (χ1n) is 3.24. The van der Waals surface area contributed by atoms with Gasteiger partial charge in [0.1, 0.15) is 0 Å². The third-order valence-corrected chi connectivity index (χ3v) is 1.93. The molecule has 0 N–H and O–H groups in total. The number of halogens is 3. The second-order valence-corrected chi connectivity index (χ2v) is 3.23. The van der Waals surface area contributed by atoms with Crippen molar-refractivity contribution in [2.45, 2.75) is 6.42 Å². The second-order valence-electron chi connectivity index (χ2n) is 2.15. The Morgan fingerprint density at radius 2 is 2.00 bits per heavy atom. The highest BCUT2D eigenvalue weighted by molar-refractivity contribution is 14.1. The molecule has 3 heteroatoms. The van der Waals surface area contributed by atoms with Crippen molar-refractivity contribution in [1.29, 1.82) is 0 Å². The van der Waals surface area contributed by atoms with Crippen LogP contribution < -0.4 is 0 Å². The van der Waals surface area contributed by atoms with E-state index >= 15 is 0 Å². The van der Waals surface area contributed by atoms with Crippen LogP contribution in [0.5, 0.6) is 0 Å². The van der Waals surface area contributed by atoms with E-state index in [1.165, 1.54) is 6.07 Å². The van der Waals surface area contributed by atoms with Gasteiger partial charge in [-0.25, -0.2) is 8.78 Å². The van der Waals surface area contributed by atoms with E-state index in [2.05, 4.69) is 22.6 Å². The summed E-state index contributed by atoms with van der Waals surface area (Å²) >= 11 is 2.13. The molecule has 0 aromatic heterocycles. The fourth-order valence-corrected chi connectivity index (χ4v) is 1.42. The largest absolute Gasteiger partial charge is 0.204 e. The molecule has 0 unspecified atom stereocenters. The van der Waals surface area contributed by atoms with Crippen molar-refractivity contribution in [3.05, 3.63) is 35.4 Å². The summed E-state index contributed by atoms with van der Waals surface area (Å²) in [6, 6.07) is 4.27. The fourth-order valence-electron chi connectivity index (χ4n) is 0.843. The zero-order valence-corrected chi connectivity index (χ0v) is 7.94. The highest BCUT2D eigenvalue weighted by Crippen LogP contribution is 2.12. The fraction of sp³-hybridized carbons (Fsp3) is 0.250. The predicted molar refractivity (Wildman–Crippen MR) is 48.9 cm³/mol. The lowest BCUT2D eigenvalue weighted by Gasteiger charge is -1.99. The normalized spacial score (nSPS) is 10.1. The van der Waals surface area contributed by atoms with E-state index in [0.29, 0.717) is 12.0 Å². The minimum atomic E-state index is -0.757. The molecule has 0 atom stereocenters. The highest BCUT2D eigenvalue weighted by atomic mass is 127. The van der Waals surface area contributed by atoms with Gasteiger partial charge in [0.05, 0.1) is 0 Å². The minimum absolute atomic E-state index is 0.458. The zero-order chi connectivity index (χ0) is 8.27. The monoisotopic (exact) mass is 268 g/mol. The number of hydrogen-bond acceptors (Lipinski definition) is 0. The maximum absolute atomic E-state index is 12.8. The summed E-state index contributed by atoms with van der Waals surface area (Å²) in [6.07, 6.45) is 0.587. The van der Waals surface area contributed by atoms with E-state index in [0.717, 1.165) is 10.5 Å². The Bertz CT molecular complexity index is 248. The van der Waals surface area contributed by atoms with Crippen molar-refractivity contribution >= 4 is 22.6 Å². The van der Waals surface area contributed by atoms with Gasteiger partial charge >= 0.3 is 0 Å². The molecule has 0 radical (unpaired) electrons. The second kappa shape index (κ2) is 3.99.